The van der Waals surface area contributed by atoms with Crippen LogP contribution in [0.15, 0.2) is 48.5 Å². The van der Waals surface area contributed by atoms with Gasteiger partial charge in [0.2, 0.25) is 5.91 Å². The third kappa shape index (κ3) is 9.21. The van der Waals surface area contributed by atoms with Gasteiger partial charge < -0.3 is 24.8 Å². The molecule has 2 aromatic carbocycles. The number of hydrogen-bond donors (Lipinski definition) is 2. The minimum Gasteiger partial charge on any atom is -0.457 e. The number of carbonyl (C=O) groups is 1. The van der Waals surface area contributed by atoms with Gasteiger partial charge in [-0.05, 0) is 94.3 Å². The fraction of sp³-hybridized carbons (Fsp3) is 0.594. The monoisotopic (exact) mass is 558 g/mol. The number of amides is 1. The predicted molar refractivity (Wildman–Crippen MR) is 158 cm³/mol. The van der Waals surface area contributed by atoms with Gasteiger partial charge in [0, 0.05) is 49.7 Å². The van der Waals surface area contributed by atoms with Gasteiger partial charge in [0.25, 0.3) is 0 Å². The van der Waals surface area contributed by atoms with E-state index in [0.29, 0.717) is 59.9 Å². The Balaban J connectivity index is 1.89. The number of rotatable bonds is 15. The molecule has 0 radical (unpaired) electrons. The Morgan fingerprint density at radius 2 is 1.97 bits per heavy atom. The quantitative estimate of drug-likeness (QED) is 0.240. The SMILES string of the molecule is CNC[C@@H](CC(=O)N1CCC[C@@H]([C@@](O)(CCCCOC)c2cc(Cl)ccc2Oc2ccccc2)C1)CC(C)C. The number of piperidine rings is 1. The summed E-state index contributed by atoms with van der Waals surface area (Å²) >= 11 is 6.50. The van der Waals surface area contributed by atoms with Crippen LogP contribution in [-0.4, -0.2) is 56.3 Å². The first-order valence-corrected chi connectivity index (χ1v) is 14.8. The summed E-state index contributed by atoms with van der Waals surface area (Å²) in [6, 6.07) is 15.1. The second kappa shape index (κ2) is 15.6. The minimum atomic E-state index is -1.20. The van der Waals surface area contributed by atoms with Crippen LogP contribution in [0.2, 0.25) is 5.02 Å². The molecule has 2 N–H and O–H groups in total. The molecule has 0 aromatic heterocycles. The van der Waals surface area contributed by atoms with Crippen LogP contribution in [0.1, 0.15) is 64.4 Å². The van der Waals surface area contributed by atoms with Crippen LogP contribution in [0.5, 0.6) is 11.5 Å². The van der Waals surface area contributed by atoms with Crippen LogP contribution in [0.4, 0.5) is 0 Å². The maximum Gasteiger partial charge on any atom is 0.222 e. The Bertz CT molecular complexity index is 1020. The van der Waals surface area contributed by atoms with Gasteiger partial charge in [-0.1, -0.05) is 43.6 Å². The molecule has 39 heavy (non-hydrogen) atoms. The molecule has 1 aliphatic rings. The highest BCUT2D eigenvalue weighted by Crippen LogP contribution is 2.45. The molecule has 2 aromatic rings. The largest absolute Gasteiger partial charge is 0.457 e. The maximum atomic E-state index is 13.5. The molecule has 3 rings (SSSR count). The van der Waals surface area contributed by atoms with Crippen LogP contribution >= 0.6 is 11.6 Å². The fourth-order valence-corrected chi connectivity index (χ4v) is 6.08. The molecular weight excluding hydrogens is 512 g/mol. The smallest absolute Gasteiger partial charge is 0.222 e. The number of nitrogens with zero attached hydrogens (tertiary/aromatic N) is 1. The summed E-state index contributed by atoms with van der Waals surface area (Å²) in [4.78, 5) is 15.5. The lowest BCUT2D eigenvalue weighted by Gasteiger charge is -2.43. The van der Waals surface area contributed by atoms with Crippen molar-refractivity contribution in [2.45, 2.75) is 64.4 Å². The number of halogens is 1. The van der Waals surface area contributed by atoms with Gasteiger partial charge in [0.05, 0.1) is 5.60 Å². The number of benzene rings is 2. The Hall–Kier alpha value is -2.12. The van der Waals surface area contributed by atoms with E-state index in [9.17, 15) is 9.90 Å². The van der Waals surface area contributed by atoms with Crippen molar-refractivity contribution < 1.29 is 19.4 Å². The second-order valence-electron chi connectivity index (χ2n) is 11.4. The summed E-state index contributed by atoms with van der Waals surface area (Å²) < 4.78 is 11.6. The van der Waals surface area contributed by atoms with E-state index in [4.69, 9.17) is 21.1 Å². The van der Waals surface area contributed by atoms with E-state index >= 15 is 0 Å². The second-order valence-corrected chi connectivity index (χ2v) is 11.8. The summed E-state index contributed by atoms with van der Waals surface area (Å²) in [5.41, 5.74) is -0.521. The molecule has 1 heterocycles. The maximum absolute atomic E-state index is 13.5. The molecule has 0 bridgehead atoms. The van der Waals surface area contributed by atoms with E-state index in [1.807, 2.05) is 54.4 Å². The van der Waals surface area contributed by atoms with Crippen LogP contribution in [0, 0.1) is 17.8 Å². The molecular formula is C32H47ClN2O4. The molecule has 1 amide bonds. The Kier molecular flexibility index (Phi) is 12.6. The topological polar surface area (TPSA) is 71.0 Å². The Morgan fingerprint density at radius 1 is 1.21 bits per heavy atom. The summed E-state index contributed by atoms with van der Waals surface area (Å²) in [5, 5.41) is 16.3. The predicted octanol–water partition coefficient (Wildman–Crippen LogP) is 6.65. The molecule has 7 heteroatoms. The van der Waals surface area contributed by atoms with Crippen LogP contribution in [0.3, 0.4) is 0 Å². The van der Waals surface area contributed by atoms with Crippen molar-refractivity contribution in [3.8, 4) is 11.5 Å². The Labute approximate surface area is 240 Å². The third-order valence-electron chi connectivity index (χ3n) is 7.75. The lowest BCUT2D eigenvalue weighted by molar-refractivity contribution is -0.138. The molecule has 1 fully saturated rings. The zero-order valence-corrected chi connectivity index (χ0v) is 24.9. The summed E-state index contributed by atoms with van der Waals surface area (Å²) in [5.74, 6) is 2.16. The molecule has 3 atom stereocenters. The zero-order valence-electron chi connectivity index (χ0n) is 24.1. The van der Waals surface area contributed by atoms with E-state index < -0.39 is 5.60 Å². The number of carbonyl (C=O) groups excluding carboxylic acids is 1. The van der Waals surface area contributed by atoms with E-state index in [0.717, 1.165) is 45.2 Å². The van der Waals surface area contributed by atoms with Crippen molar-refractivity contribution in [2.24, 2.45) is 17.8 Å². The lowest BCUT2D eigenvalue weighted by atomic mass is 9.73. The number of unbranched alkanes of at least 4 members (excludes halogenated alkanes) is 1. The van der Waals surface area contributed by atoms with Crippen LogP contribution < -0.4 is 10.1 Å². The average Bonchev–Trinajstić information content (AvgIpc) is 2.92. The van der Waals surface area contributed by atoms with E-state index in [-0.39, 0.29) is 11.8 Å². The number of ether oxygens (including phenoxy) is 2. The highest BCUT2D eigenvalue weighted by molar-refractivity contribution is 6.30. The van der Waals surface area contributed by atoms with Gasteiger partial charge in [-0.3, -0.25) is 4.79 Å². The van der Waals surface area contributed by atoms with Crippen molar-refractivity contribution in [1.29, 1.82) is 0 Å². The first-order valence-electron chi connectivity index (χ1n) is 14.4. The fourth-order valence-electron chi connectivity index (χ4n) is 5.91. The van der Waals surface area contributed by atoms with Crippen molar-refractivity contribution in [1.82, 2.24) is 10.2 Å². The molecule has 0 saturated carbocycles. The number of likely N-dealkylation sites (tertiary alicyclic amines) is 1. The van der Waals surface area contributed by atoms with E-state index in [1.165, 1.54) is 0 Å². The van der Waals surface area contributed by atoms with Gasteiger partial charge >= 0.3 is 0 Å². The van der Waals surface area contributed by atoms with Crippen molar-refractivity contribution >= 4 is 17.5 Å². The number of hydrogen-bond acceptors (Lipinski definition) is 5. The van der Waals surface area contributed by atoms with Crippen LogP contribution in [0.25, 0.3) is 0 Å². The van der Waals surface area contributed by atoms with Crippen molar-refractivity contribution in [3.63, 3.8) is 0 Å². The number of para-hydroxylation sites is 1. The van der Waals surface area contributed by atoms with Gasteiger partial charge in [-0.15, -0.1) is 0 Å². The standard InChI is InChI=1S/C32H47ClN2O4/c1-24(2)19-25(22-34-3)20-31(36)35-17-10-11-26(23-35)32(37,16-8-9-18-38-4)29-21-27(33)14-15-30(29)39-28-12-6-5-7-13-28/h5-7,12-15,21,24-26,34,37H,8-11,16-20,22-23H2,1-4H3/t25-,26-,32+/m1/s1. The van der Waals surface area contributed by atoms with Crippen LogP contribution in [-0.2, 0) is 15.1 Å². The molecule has 6 nitrogen and oxygen atoms in total. The zero-order chi connectivity index (χ0) is 28.3. The first kappa shape index (κ1) is 31.4. The van der Waals surface area contributed by atoms with Crippen molar-refractivity contribution in [3.05, 3.63) is 59.1 Å². The normalized spacial score (nSPS) is 18.1. The van der Waals surface area contributed by atoms with Gasteiger partial charge in [0.15, 0.2) is 0 Å². The summed E-state index contributed by atoms with van der Waals surface area (Å²) in [6.07, 6.45) is 5.37. The number of methoxy groups -OCH3 is 1. The minimum absolute atomic E-state index is 0.137. The lowest BCUT2D eigenvalue weighted by Crippen LogP contribution is -2.48. The summed E-state index contributed by atoms with van der Waals surface area (Å²) in [6.45, 7) is 7.11. The average molecular weight is 559 g/mol. The molecule has 1 saturated heterocycles. The number of aliphatic hydroxyl groups is 1. The van der Waals surface area contributed by atoms with Gasteiger partial charge in [-0.25, -0.2) is 0 Å². The van der Waals surface area contributed by atoms with E-state index in [1.54, 1.807) is 13.2 Å². The molecule has 0 aliphatic carbocycles. The molecule has 0 spiro atoms. The Morgan fingerprint density at radius 3 is 2.67 bits per heavy atom. The highest BCUT2D eigenvalue weighted by Gasteiger charge is 2.43. The van der Waals surface area contributed by atoms with Crippen molar-refractivity contribution in [2.75, 3.05) is 40.4 Å². The third-order valence-corrected chi connectivity index (χ3v) is 7.98. The van der Waals surface area contributed by atoms with E-state index in [2.05, 4.69) is 19.2 Å². The molecule has 0 unspecified atom stereocenters. The molecule has 216 valence electrons. The molecule has 1 aliphatic heterocycles. The first-order chi connectivity index (χ1) is 18.8. The summed E-state index contributed by atoms with van der Waals surface area (Å²) in [7, 11) is 3.64. The van der Waals surface area contributed by atoms with Gasteiger partial charge in [-0.2, -0.15) is 0 Å². The number of nitrogens with one attached hydrogen (secondary N) is 1. The van der Waals surface area contributed by atoms with Gasteiger partial charge in [0.1, 0.15) is 11.5 Å². The highest BCUT2D eigenvalue weighted by atomic mass is 35.5.